The van der Waals surface area contributed by atoms with E-state index in [4.69, 9.17) is 14.2 Å². The predicted molar refractivity (Wildman–Crippen MR) is 138 cm³/mol. The molecule has 1 N–H and O–H groups in total. The van der Waals surface area contributed by atoms with E-state index in [0.717, 1.165) is 30.4 Å². The summed E-state index contributed by atoms with van der Waals surface area (Å²) >= 11 is 0. The van der Waals surface area contributed by atoms with Crippen LogP contribution in [0, 0.1) is 19.3 Å². The highest BCUT2D eigenvalue weighted by Crippen LogP contribution is 2.32. The number of nitrogens with zero attached hydrogens (tertiary/aromatic N) is 1. The van der Waals surface area contributed by atoms with Crippen molar-refractivity contribution in [3.05, 3.63) is 52.6 Å². The average molecular weight is 485 g/mol. The van der Waals surface area contributed by atoms with Gasteiger partial charge in [0.05, 0.1) is 27.4 Å². The van der Waals surface area contributed by atoms with E-state index in [9.17, 15) is 9.59 Å². The second kappa shape index (κ2) is 12.0. The van der Waals surface area contributed by atoms with Gasteiger partial charge < -0.3 is 14.2 Å². The van der Waals surface area contributed by atoms with Crippen LogP contribution in [0.2, 0.25) is 0 Å². The molecule has 1 unspecified atom stereocenters. The van der Waals surface area contributed by atoms with Crippen molar-refractivity contribution in [3.63, 3.8) is 0 Å². The number of hydrogen-bond donors (Lipinski definition) is 1. The highest BCUT2D eigenvalue weighted by Gasteiger charge is 2.36. The molecule has 7 nitrogen and oxygen atoms in total. The Bertz CT molecular complexity index is 1020. The Kier molecular flexibility index (Phi) is 9.57. The maximum atomic E-state index is 14.0. The van der Waals surface area contributed by atoms with Crippen molar-refractivity contribution in [3.8, 4) is 17.2 Å². The summed E-state index contributed by atoms with van der Waals surface area (Å²) in [7, 11) is 4.67. The molecule has 1 atom stereocenters. The van der Waals surface area contributed by atoms with Gasteiger partial charge in [0, 0.05) is 22.3 Å². The van der Waals surface area contributed by atoms with Gasteiger partial charge in [-0.25, -0.2) is 5.01 Å². The van der Waals surface area contributed by atoms with Gasteiger partial charge in [0.15, 0.2) is 0 Å². The molecule has 0 radical (unpaired) electrons. The number of benzene rings is 2. The van der Waals surface area contributed by atoms with Crippen molar-refractivity contribution >= 4 is 11.8 Å². The maximum absolute atomic E-state index is 14.0. The summed E-state index contributed by atoms with van der Waals surface area (Å²) in [6.45, 7) is 12.1. The quantitative estimate of drug-likeness (QED) is 0.461. The van der Waals surface area contributed by atoms with E-state index in [1.165, 1.54) is 5.01 Å². The molecule has 0 aromatic heterocycles. The smallest absolute Gasteiger partial charge is 0.272 e. The molecule has 2 amide bonds. The minimum absolute atomic E-state index is 0.237. The molecular weight excluding hydrogens is 444 g/mol. The van der Waals surface area contributed by atoms with Crippen molar-refractivity contribution < 1.29 is 23.8 Å². The Morgan fingerprint density at radius 2 is 1.51 bits per heavy atom. The van der Waals surface area contributed by atoms with Crippen LogP contribution in [0.1, 0.15) is 78.8 Å². The summed E-state index contributed by atoms with van der Waals surface area (Å²) in [5.41, 5.74) is 4.98. The maximum Gasteiger partial charge on any atom is 0.272 e. The Labute approximate surface area is 209 Å². The van der Waals surface area contributed by atoms with Crippen LogP contribution in [0.5, 0.6) is 17.2 Å². The van der Waals surface area contributed by atoms with E-state index in [-0.39, 0.29) is 17.4 Å². The molecule has 0 bridgehead atoms. The summed E-state index contributed by atoms with van der Waals surface area (Å²) in [6, 6.07) is 8.44. The molecule has 0 spiro atoms. The van der Waals surface area contributed by atoms with Crippen molar-refractivity contribution in [2.75, 3.05) is 21.3 Å². The van der Waals surface area contributed by atoms with Crippen LogP contribution in [0.25, 0.3) is 0 Å². The molecule has 0 fully saturated rings. The number of hydrogen-bond acceptors (Lipinski definition) is 5. The summed E-state index contributed by atoms with van der Waals surface area (Å²) in [4.78, 5) is 27.5. The molecule has 0 aliphatic heterocycles. The summed E-state index contributed by atoms with van der Waals surface area (Å²) in [5.74, 6) is 0.998. The van der Waals surface area contributed by atoms with Gasteiger partial charge in [-0.15, -0.1) is 0 Å². The van der Waals surface area contributed by atoms with E-state index >= 15 is 0 Å². The van der Waals surface area contributed by atoms with E-state index in [2.05, 4.69) is 33.1 Å². The third-order valence-electron chi connectivity index (χ3n) is 6.33. The third kappa shape index (κ3) is 6.47. The van der Waals surface area contributed by atoms with Gasteiger partial charge in [-0.05, 0) is 49.9 Å². The second-order valence-electron chi connectivity index (χ2n) is 9.78. The SMILES string of the molecule is CCCCC(N(NC(=O)c1cc(OC)c(C)c(OC)c1)C(=O)c1cccc(OC)c1C)C(C)(C)C. The first-order valence-electron chi connectivity index (χ1n) is 12.0. The van der Waals surface area contributed by atoms with Crippen LogP contribution in [-0.2, 0) is 0 Å². The van der Waals surface area contributed by atoms with Gasteiger partial charge in [-0.3, -0.25) is 15.0 Å². The second-order valence-corrected chi connectivity index (χ2v) is 9.78. The van der Waals surface area contributed by atoms with E-state index in [1.807, 2.05) is 19.9 Å². The van der Waals surface area contributed by atoms with Crippen molar-refractivity contribution in [2.24, 2.45) is 5.41 Å². The van der Waals surface area contributed by atoms with Gasteiger partial charge in [-0.1, -0.05) is 46.6 Å². The standard InChI is InChI=1S/C28H40N2O5/c1-10-11-15-25(28(4,5)6)30(27(32)21-13-12-14-22(33-7)18(21)2)29-26(31)20-16-23(34-8)19(3)24(17-20)35-9/h12-14,16-17,25H,10-11,15H2,1-9H3,(H,29,31). The highest BCUT2D eigenvalue weighted by atomic mass is 16.5. The van der Waals surface area contributed by atoms with Crippen LogP contribution in [0.3, 0.4) is 0 Å². The molecule has 0 aliphatic rings. The number of nitrogens with one attached hydrogen (secondary N) is 1. The fraction of sp³-hybridized carbons (Fsp3) is 0.500. The number of methoxy groups -OCH3 is 3. The first-order chi connectivity index (χ1) is 16.5. The zero-order valence-corrected chi connectivity index (χ0v) is 22.6. The van der Waals surface area contributed by atoms with Gasteiger partial charge in [0.2, 0.25) is 0 Å². The molecule has 192 valence electrons. The van der Waals surface area contributed by atoms with Crippen LogP contribution < -0.4 is 19.6 Å². The van der Waals surface area contributed by atoms with Crippen molar-refractivity contribution in [1.29, 1.82) is 0 Å². The third-order valence-corrected chi connectivity index (χ3v) is 6.33. The lowest BCUT2D eigenvalue weighted by molar-refractivity contribution is 0.0266. The molecule has 0 heterocycles. The molecule has 35 heavy (non-hydrogen) atoms. The molecular formula is C28H40N2O5. The summed E-state index contributed by atoms with van der Waals surface area (Å²) < 4.78 is 16.3. The van der Waals surface area contributed by atoms with Gasteiger partial charge in [-0.2, -0.15) is 0 Å². The lowest BCUT2D eigenvalue weighted by Gasteiger charge is -2.40. The number of carbonyl (C=O) groups excluding carboxylic acids is 2. The number of ether oxygens (including phenoxy) is 3. The normalized spacial score (nSPS) is 12.0. The van der Waals surface area contributed by atoms with Crippen LogP contribution in [-0.4, -0.2) is 44.2 Å². The van der Waals surface area contributed by atoms with Crippen LogP contribution in [0.15, 0.2) is 30.3 Å². The monoisotopic (exact) mass is 484 g/mol. The number of amides is 2. The molecule has 2 rings (SSSR count). The molecule has 0 aliphatic carbocycles. The fourth-order valence-electron chi connectivity index (χ4n) is 4.21. The zero-order chi connectivity index (χ0) is 26.3. The first kappa shape index (κ1) is 28.0. The summed E-state index contributed by atoms with van der Waals surface area (Å²) in [5, 5.41) is 1.50. The van der Waals surface area contributed by atoms with Crippen LogP contribution in [0.4, 0.5) is 0 Å². The minimum atomic E-state index is -0.416. The van der Waals surface area contributed by atoms with E-state index < -0.39 is 5.91 Å². The topological polar surface area (TPSA) is 77.1 Å². The highest BCUT2D eigenvalue weighted by molar-refractivity contribution is 6.00. The number of rotatable bonds is 9. The lowest BCUT2D eigenvalue weighted by atomic mass is 9.83. The van der Waals surface area contributed by atoms with Crippen molar-refractivity contribution in [1.82, 2.24) is 10.4 Å². The minimum Gasteiger partial charge on any atom is -0.496 e. The Morgan fingerprint density at radius 1 is 0.943 bits per heavy atom. The number of carbonyl (C=O) groups is 2. The van der Waals surface area contributed by atoms with Crippen LogP contribution >= 0.6 is 0 Å². The van der Waals surface area contributed by atoms with E-state index in [0.29, 0.717) is 28.4 Å². The summed E-state index contributed by atoms with van der Waals surface area (Å²) in [6.07, 6.45) is 2.65. The van der Waals surface area contributed by atoms with Gasteiger partial charge >= 0.3 is 0 Å². The Morgan fingerprint density at radius 3 is 2.00 bits per heavy atom. The van der Waals surface area contributed by atoms with Crippen molar-refractivity contribution in [2.45, 2.75) is 66.8 Å². The average Bonchev–Trinajstić information content (AvgIpc) is 2.82. The lowest BCUT2D eigenvalue weighted by Crippen LogP contribution is -2.56. The first-order valence-corrected chi connectivity index (χ1v) is 12.0. The predicted octanol–water partition coefficient (Wildman–Crippen LogP) is 5.72. The number of unbranched alkanes of at least 4 members (excludes halogenated alkanes) is 1. The molecule has 2 aromatic rings. The van der Waals surface area contributed by atoms with E-state index in [1.54, 1.807) is 45.6 Å². The largest absolute Gasteiger partial charge is 0.496 e. The Hall–Kier alpha value is -3.22. The fourth-order valence-corrected chi connectivity index (χ4v) is 4.21. The molecule has 0 saturated carbocycles. The zero-order valence-electron chi connectivity index (χ0n) is 22.6. The Balaban J connectivity index is 2.58. The van der Waals surface area contributed by atoms with Gasteiger partial charge in [0.25, 0.3) is 11.8 Å². The number of hydrazine groups is 1. The molecule has 2 aromatic carbocycles. The van der Waals surface area contributed by atoms with Gasteiger partial charge in [0.1, 0.15) is 17.2 Å². The molecule has 0 saturated heterocycles. The molecule has 7 heteroatoms.